The van der Waals surface area contributed by atoms with Gasteiger partial charge < -0.3 is 15.1 Å². The molecular formula is C26H24FN3O5S. The molecule has 1 atom stereocenters. The van der Waals surface area contributed by atoms with Crippen LogP contribution in [0, 0.1) is 5.82 Å². The third-order valence-electron chi connectivity index (χ3n) is 5.89. The van der Waals surface area contributed by atoms with Gasteiger partial charge in [0.05, 0.1) is 10.5 Å². The van der Waals surface area contributed by atoms with E-state index in [4.69, 9.17) is 0 Å². The molecule has 0 spiro atoms. The second kappa shape index (κ2) is 10.7. The van der Waals surface area contributed by atoms with E-state index >= 15 is 0 Å². The lowest BCUT2D eigenvalue weighted by Gasteiger charge is -2.36. The van der Waals surface area contributed by atoms with E-state index in [2.05, 4.69) is 5.32 Å². The van der Waals surface area contributed by atoms with Crippen molar-refractivity contribution in [3.05, 3.63) is 102 Å². The molecule has 1 fully saturated rings. The normalized spacial score (nSPS) is 14.7. The van der Waals surface area contributed by atoms with Crippen LogP contribution in [0.15, 0.2) is 89.8 Å². The van der Waals surface area contributed by atoms with E-state index < -0.39 is 38.7 Å². The molecule has 3 aromatic carbocycles. The number of hydrogen-bond donors (Lipinski definition) is 1. The Hall–Kier alpha value is -4.05. The largest absolute Gasteiger partial charge is 0.336 e. The number of benzene rings is 3. The van der Waals surface area contributed by atoms with E-state index in [9.17, 15) is 27.2 Å². The van der Waals surface area contributed by atoms with Crippen LogP contribution in [0.4, 0.5) is 4.39 Å². The van der Waals surface area contributed by atoms with E-state index in [-0.39, 0.29) is 42.2 Å². The fraction of sp³-hybridized carbons (Fsp3) is 0.192. The van der Waals surface area contributed by atoms with Crippen molar-refractivity contribution >= 4 is 27.6 Å². The number of sulfone groups is 1. The molecule has 0 aliphatic carbocycles. The smallest absolute Gasteiger partial charge is 0.261 e. The highest BCUT2D eigenvalue weighted by Crippen LogP contribution is 2.19. The molecule has 1 aliphatic heterocycles. The van der Waals surface area contributed by atoms with E-state index in [1.165, 1.54) is 64.4 Å². The maximum absolute atomic E-state index is 14.0. The molecule has 1 N–H and O–H groups in total. The van der Waals surface area contributed by atoms with Crippen LogP contribution in [0.1, 0.15) is 20.7 Å². The number of hydrogen-bond acceptors (Lipinski definition) is 5. The average molecular weight is 510 g/mol. The van der Waals surface area contributed by atoms with Gasteiger partial charge in [-0.2, -0.15) is 0 Å². The number of carbonyl (C=O) groups excluding carboxylic acids is 3. The van der Waals surface area contributed by atoms with Crippen LogP contribution in [0.2, 0.25) is 0 Å². The zero-order valence-corrected chi connectivity index (χ0v) is 20.0. The Kier molecular flexibility index (Phi) is 7.44. The molecule has 1 aliphatic rings. The van der Waals surface area contributed by atoms with Crippen molar-refractivity contribution in [2.24, 2.45) is 0 Å². The SMILES string of the molecule is O=C(NC(C(=O)N1CCN(C(=O)c2ccccc2F)CC1)S(=O)(=O)c1ccccc1)c1ccccc1. The summed E-state index contributed by atoms with van der Waals surface area (Å²) in [4.78, 5) is 41.6. The molecule has 3 amide bonds. The molecule has 186 valence electrons. The van der Waals surface area contributed by atoms with Crippen molar-refractivity contribution in [1.29, 1.82) is 0 Å². The Bertz CT molecular complexity index is 1360. The monoisotopic (exact) mass is 509 g/mol. The predicted molar refractivity (Wildman–Crippen MR) is 130 cm³/mol. The first-order chi connectivity index (χ1) is 17.3. The van der Waals surface area contributed by atoms with Gasteiger partial charge in [0.2, 0.25) is 15.2 Å². The molecule has 8 nitrogen and oxygen atoms in total. The van der Waals surface area contributed by atoms with Gasteiger partial charge in [-0.05, 0) is 36.4 Å². The Morgan fingerprint density at radius 1 is 0.750 bits per heavy atom. The number of carbonyl (C=O) groups is 3. The lowest BCUT2D eigenvalue weighted by molar-refractivity contribution is -0.132. The Morgan fingerprint density at radius 2 is 1.28 bits per heavy atom. The molecular weight excluding hydrogens is 485 g/mol. The quantitative estimate of drug-likeness (QED) is 0.550. The first-order valence-corrected chi connectivity index (χ1v) is 12.8. The van der Waals surface area contributed by atoms with Gasteiger partial charge in [0, 0.05) is 31.7 Å². The van der Waals surface area contributed by atoms with Crippen LogP contribution < -0.4 is 5.32 Å². The van der Waals surface area contributed by atoms with Gasteiger partial charge in [-0.15, -0.1) is 0 Å². The van der Waals surface area contributed by atoms with E-state index in [0.29, 0.717) is 0 Å². The topological polar surface area (TPSA) is 104 Å². The van der Waals surface area contributed by atoms with Gasteiger partial charge in [-0.3, -0.25) is 14.4 Å². The summed E-state index contributed by atoms with van der Waals surface area (Å²) < 4.78 is 40.9. The predicted octanol–water partition coefficient (Wildman–Crippen LogP) is 2.34. The number of halogens is 1. The minimum Gasteiger partial charge on any atom is -0.336 e. The highest BCUT2D eigenvalue weighted by atomic mass is 32.2. The standard InChI is InChI=1S/C26H24FN3O5S/c27-22-14-8-7-13-21(22)25(32)29-15-17-30(18-16-29)26(33)24(28-23(31)19-9-3-1-4-10-19)36(34,35)20-11-5-2-6-12-20/h1-14,24H,15-18H2,(H,28,31). The van der Waals surface area contributed by atoms with Gasteiger partial charge >= 0.3 is 0 Å². The summed E-state index contributed by atoms with van der Waals surface area (Å²) in [6.45, 7) is 0.232. The first-order valence-electron chi connectivity index (χ1n) is 11.3. The van der Waals surface area contributed by atoms with Gasteiger partial charge in [-0.25, -0.2) is 12.8 Å². The zero-order chi connectivity index (χ0) is 25.7. The van der Waals surface area contributed by atoms with Crippen molar-refractivity contribution in [2.45, 2.75) is 10.3 Å². The molecule has 10 heteroatoms. The summed E-state index contributed by atoms with van der Waals surface area (Å²) in [6.07, 6.45) is 0. The minimum absolute atomic E-state index is 0.0288. The third-order valence-corrected chi connectivity index (χ3v) is 7.76. The molecule has 4 rings (SSSR count). The van der Waals surface area contributed by atoms with Crippen LogP contribution in [0.5, 0.6) is 0 Å². The zero-order valence-electron chi connectivity index (χ0n) is 19.2. The minimum atomic E-state index is -4.28. The van der Waals surface area contributed by atoms with E-state index in [0.717, 1.165) is 0 Å². The molecule has 0 radical (unpaired) electrons. The van der Waals surface area contributed by atoms with Crippen LogP contribution in [0.3, 0.4) is 0 Å². The summed E-state index contributed by atoms with van der Waals surface area (Å²) in [5.74, 6) is -2.66. The number of nitrogens with zero attached hydrogens (tertiary/aromatic N) is 2. The average Bonchev–Trinajstić information content (AvgIpc) is 2.92. The van der Waals surface area contributed by atoms with Crippen molar-refractivity contribution < 1.29 is 27.2 Å². The third kappa shape index (κ3) is 5.28. The first kappa shape index (κ1) is 25.1. The lowest BCUT2D eigenvalue weighted by atomic mass is 10.1. The van der Waals surface area contributed by atoms with E-state index in [1.807, 2.05) is 0 Å². The fourth-order valence-corrected chi connectivity index (χ4v) is 5.40. The summed E-state index contributed by atoms with van der Waals surface area (Å²) in [5.41, 5.74) is 0.135. The van der Waals surface area contributed by atoms with Crippen molar-refractivity contribution in [3.63, 3.8) is 0 Å². The van der Waals surface area contributed by atoms with E-state index in [1.54, 1.807) is 30.3 Å². The molecule has 0 bridgehead atoms. The summed E-state index contributed by atoms with van der Waals surface area (Å²) in [6, 6.07) is 21.0. The molecule has 0 aromatic heterocycles. The van der Waals surface area contributed by atoms with Gasteiger partial charge in [0.15, 0.2) is 0 Å². The van der Waals surface area contributed by atoms with Crippen LogP contribution >= 0.6 is 0 Å². The maximum Gasteiger partial charge on any atom is 0.261 e. The number of amides is 3. The molecule has 1 unspecified atom stereocenters. The van der Waals surface area contributed by atoms with Gasteiger partial charge in [0.1, 0.15) is 5.82 Å². The Labute approximate surface area is 208 Å². The summed E-state index contributed by atoms with van der Waals surface area (Å²) >= 11 is 0. The van der Waals surface area contributed by atoms with Gasteiger partial charge in [-0.1, -0.05) is 48.5 Å². The Balaban J connectivity index is 1.54. The van der Waals surface area contributed by atoms with Crippen LogP contribution in [-0.4, -0.2) is 67.5 Å². The van der Waals surface area contributed by atoms with Crippen molar-refractivity contribution in [1.82, 2.24) is 15.1 Å². The highest BCUT2D eigenvalue weighted by molar-refractivity contribution is 7.92. The molecule has 3 aromatic rings. The Morgan fingerprint density at radius 3 is 1.89 bits per heavy atom. The highest BCUT2D eigenvalue weighted by Gasteiger charge is 2.39. The second-order valence-corrected chi connectivity index (χ2v) is 10.2. The lowest BCUT2D eigenvalue weighted by Crippen LogP contribution is -2.57. The molecule has 1 saturated heterocycles. The second-order valence-electron chi connectivity index (χ2n) is 8.17. The summed E-state index contributed by atoms with van der Waals surface area (Å²) in [7, 11) is -4.28. The fourth-order valence-electron chi connectivity index (χ4n) is 3.91. The number of rotatable bonds is 6. The molecule has 1 heterocycles. The van der Waals surface area contributed by atoms with Crippen molar-refractivity contribution in [2.75, 3.05) is 26.2 Å². The van der Waals surface area contributed by atoms with Gasteiger partial charge in [0.25, 0.3) is 17.7 Å². The maximum atomic E-state index is 14.0. The molecule has 0 saturated carbocycles. The molecule has 36 heavy (non-hydrogen) atoms. The van der Waals surface area contributed by atoms with Crippen LogP contribution in [-0.2, 0) is 14.6 Å². The van der Waals surface area contributed by atoms with Crippen molar-refractivity contribution in [3.8, 4) is 0 Å². The van der Waals surface area contributed by atoms with Crippen LogP contribution in [0.25, 0.3) is 0 Å². The number of piperazine rings is 1. The number of nitrogens with one attached hydrogen (secondary N) is 1. The summed E-state index contributed by atoms with van der Waals surface area (Å²) in [5, 5.41) is 0.528.